The molecule has 2 saturated heterocycles. The second kappa shape index (κ2) is 8.55. The van der Waals surface area contributed by atoms with Crippen LogP contribution in [0.15, 0.2) is 35.7 Å². The van der Waals surface area contributed by atoms with Gasteiger partial charge < -0.3 is 15.0 Å². The Kier molecular flexibility index (Phi) is 6.36. The zero-order valence-corrected chi connectivity index (χ0v) is 18.2. The third-order valence-electron chi connectivity index (χ3n) is 5.47. The van der Waals surface area contributed by atoms with E-state index in [0.717, 1.165) is 49.5 Å². The maximum atomic E-state index is 5.62. The van der Waals surface area contributed by atoms with Crippen LogP contribution in [0, 0.1) is 12.3 Å². The normalized spacial score (nSPS) is 22.3. The Morgan fingerprint density at radius 2 is 2.22 bits per heavy atom. The Hall–Kier alpha value is -1.68. The minimum absolute atomic E-state index is 0. The number of guanidine groups is 1. The topological polar surface area (TPSA) is 67.6 Å². The van der Waals surface area contributed by atoms with E-state index in [4.69, 9.17) is 4.74 Å². The smallest absolute Gasteiger partial charge is 0.193 e. The number of pyridine rings is 1. The largest absolute Gasteiger partial charge is 0.381 e. The zero-order valence-electron chi connectivity index (χ0n) is 15.9. The number of nitrogens with one attached hydrogen (secondary N) is 1. The van der Waals surface area contributed by atoms with Gasteiger partial charge in [0.05, 0.1) is 6.61 Å². The van der Waals surface area contributed by atoms with E-state index in [1.54, 1.807) is 6.20 Å². The van der Waals surface area contributed by atoms with Crippen molar-refractivity contribution in [3.63, 3.8) is 0 Å². The standard InChI is InChI=1S/C19H26N6O.HI/c1-15-21-7-9-25(15)17-4-3-16(11-22-17)12-23-18(20-2)24-8-5-19(13-24)6-10-26-14-19;/h3-4,7,9,11H,5-6,8,10,12-14H2,1-2H3,(H,20,23);1H. The Balaban J connectivity index is 0.00000210. The van der Waals surface area contributed by atoms with Crippen molar-refractivity contribution in [2.24, 2.45) is 10.4 Å². The van der Waals surface area contributed by atoms with Crippen molar-refractivity contribution >= 4 is 29.9 Å². The molecule has 2 aromatic heterocycles. The zero-order chi connectivity index (χ0) is 18.0. The first-order valence-corrected chi connectivity index (χ1v) is 9.18. The van der Waals surface area contributed by atoms with E-state index in [1.807, 2.05) is 37.0 Å². The highest BCUT2D eigenvalue weighted by Gasteiger charge is 2.42. The molecule has 0 amide bonds. The van der Waals surface area contributed by atoms with Gasteiger partial charge in [0.2, 0.25) is 0 Å². The third kappa shape index (κ3) is 4.26. The second-order valence-electron chi connectivity index (χ2n) is 7.24. The van der Waals surface area contributed by atoms with Gasteiger partial charge in [0, 0.05) is 57.3 Å². The number of ether oxygens (including phenoxy) is 1. The SMILES string of the molecule is CN=C(NCc1ccc(-n2ccnc2C)nc1)N1CCC2(CCOC2)C1.I. The predicted molar refractivity (Wildman–Crippen MR) is 116 cm³/mol. The van der Waals surface area contributed by atoms with Gasteiger partial charge in [-0.1, -0.05) is 6.07 Å². The van der Waals surface area contributed by atoms with Gasteiger partial charge in [-0.3, -0.25) is 9.56 Å². The monoisotopic (exact) mass is 482 g/mol. The van der Waals surface area contributed by atoms with Crippen molar-refractivity contribution in [2.45, 2.75) is 26.3 Å². The molecule has 0 aromatic carbocycles. The molecule has 4 heterocycles. The number of rotatable bonds is 3. The van der Waals surface area contributed by atoms with E-state index in [-0.39, 0.29) is 24.0 Å². The fraction of sp³-hybridized carbons (Fsp3) is 0.526. The van der Waals surface area contributed by atoms with Gasteiger partial charge in [0.25, 0.3) is 0 Å². The molecular weight excluding hydrogens is 455 g/mol. The van der Waals surface area contributed by atoms with E-state index in [1.165, 1.54) is 12.8 Å². The Morgan fingerprint density at radius 1 is 1.33 bits per heavy atom. The average Bonchev–Trinajstić information content (AvgIpc) is 3.40. The minimum atomic E-state index is 0. The van der Waals surface area contributed by atoms with Crippen LogP contribution in [0.25, 0.3) is 5.82 Å². The molecule has 4 rings (SSSR count). The van der Waals surface area contributed by atoms with Crippen LogP contribution >= 0.6 is 24.0 Å². The van der Waals surface area contributed by atoms with Crippen LogP contribution in [0.4, 0.5) is 0 Å². The number of aryl methyl sites for hydroxylation is 1. The summed E-state index contributed by atoms with van der Waals surface area (Å²) in [5.74, 6) is 2.78. The molecule has 1 N–H and O–H groups in total. The van der Waals surface area contributed by atoms with Crippen LogP contribution < -0.4 is 5.32 Å². The number of hydrogen-bond donors (Lipinski definition) is 1. The van der Waals surface area contributed by atoms with E-state index in [2.05, 4.69) is 31.2 Å². The molecule has 0 radical (unpaired) electrons. The molecule has 27 heavy (non-hydrogen) atoms. The van der Waals surface area contributed by atoms with E-state index < -0.39 is 0 Å². The number of halogens is 1. The van der Waals surface area contributed by atoms with E-state index in [0.29, 0.717) is 12.0 Å². The maximum Gasteiger partial charge on any atom is 0.193 e. The van der Waals surface area contributed by atoms with Crippen LogP contribution in [0.2, 0.25) is 0 Å². The highest BCUT2D eigenvalue weighted by molar-refractivity contribution is 14.0. The maximum absolute atomic E-state index is 5.62. The van der Waals surface area contributed by atoms with Gasteiger partial charge >= 0.3 is 0 Å². The summed E-state index contributed by atoms with van der Waals surface area (Å²) < 4.78 is 7.60. The summed E-state index contributed by atoms with van der Waals surface area (Å²) in [5.41, 5.74) is 1.47. The third-order valence-corrected chi connectivity index (χ3v) is 5.47. The van der Waals surface area contributed by atoms with Crippen molar-refractivity contribution in [3.05, 3.63) is 42.1 Å². The predicted octanol–water partition coefficient (Wildman–Crippen LogP) is 2.38. The number of hydrogen-bond acceptors (Lipinski definition) is 4. The number of nitrogens with zero attached hydrogens (tertiary/aromatic N) is 5. The van der Waals surface area contributed by atoms with Gasteiger partial charge in [0.1, 0.15) is 11.6 Å². The second-order valence-corrected chi connectivity index (χ2v) is 7.24. The first-order valence-electron chi connectivity index (χ1n) is 9.18. The first-order chi connectivity index (χ1) is 12.7. The summed E-state index contributed by atoms with van der Waals surface area (Å²) in [4.78, 5) is 15.6. The number of aliphatic imine (C=N–C) groups is 1. The molecule has 1 atom stereocenters. The summed E-state index contributed by atoms with van der Waals surface area (Å²) in [5, 5.41) is 3.48. The first kappa shape index (κ1) is 20.1. The van der Waals surface area contributed by atoms with E-state index in [9.17, 15) is 0 Å². The van der Waals surface area contributed by atoms with Gasteiger partial charge in [-0.15, -0.1) is 24.0 Å². The quantitative estimate of drug-likeness (QED) is 0.414. The van der Waals surface area contributed by atoms with Crippen LogP contribution in [0.3, 0.4) is 0 Å². The van der Waals surface area contributed by atoms with Crippen LogP contribution in [-0.2, 0) is 11.3 Å². The molecule has 2 aliphatic rings. The molecular formula is C19H27IN6O. The lowest BCUT2D eigenvalue weighted by molar-refractivity contribution is 0.156. The van der Waals surface area contributed by atoms with Crippen LogP contribution in [0.1, 0.15) is 24.2 Å². The van der Waals surface area contributed by atoms with E-state index >= 15 is 0 Å². The van der Waals surface area contributed by atoms with Gasteiger partial charge in [-0.05, 0) is 31.4 Å². The Bertz CT molecular complexity index is 782. The molecule has 1 unspecified atom stereocenters. The lowest BCUT2D eigenvalue weighted by Gasteiger charge is -2.25. The van der Waals surface area contributed by atoms with Crippen molar-refractivity contribution in [1.29, 1.82) is 0 Å². The van der Waals surface area contributed by atoms with Crippen molar-refractivity contribution in [2.75, 3.05) is 33.4 Å². The molecule has 0 aliphatic carbocycles. The summed E-state index contributed by atoms with van der Waals surface area (Å²) in [6, 6.07) is 4.12. The highest BCUT2D eigenvalue weighted by Crippen LogP contribution is 2.38. The molecule has 1 spiro atoms. The average molecular weight is 482 g/mol. The van der Waals surface area contributed by atoms with Crippen LogP contribution in [0.5, 0.6) is 0 Å². The fourth-order valence-corrected chi connectivity index (χ4v) is 3.88. The summed E-state index contributed by atoms with van der Waals surface area (Å²) in [7, 11) is 1.85. The minimum Gasteiger partial charge on any atom is -0.381 e. The summed E-state index contributed by atoms with van der Waals surface area (Å²) >= 11 is 0. The van der Waals surface area contributed by atoms with Gasteiger partial charge in [-0.25, -0.2) is 9.97 Å². The summed E-state index contributed by atoms with van der Waals surface area (Å²) in [6.45, 7) is 6.54. The highest BCUT2D eigenvalue weighted by atomic mass is 127. The molecule has 2 aromatic rings. The van der Waals surface area contributed by atoms with Gasteiger partial charge in [-0.2, -0.15) is 0 Å². The lowest BCUT2D eigenvalue weighted by Crippen LogP contribution is -2.41. The Morgan fingerprint density at radius 3 is 2.85 bits per heavy atom. The van der Waals surface area contributed by atoms with Crippen molar-refractivity contribution < 1.29 is 4.74 Å². The van der Waals surface area contributed by atoms with Crippen LogP contribution in [-0.4, -0.2) is 58.7 Å². The van der Waals surface area contributed by atoms with Crippen molar-refractivity contribution in [1.82, 2.24) is 24.8 Å². The van der Waals surface area contributed by atoms with Crippen molar-refractivity contribution in [3.8, 4) is 5.82 Å². The molecule has 7 nitrogen and oxygen atoms in total. The lowest BCUT2D eigenvalue weighted by atomic mass is 9.87. The number of likely N-dealkylation sites (tertiary alicyclic amines) is 1. The van der Waals surface area contributed by atoms with Gasteiger partial charge in [0.15, 0.2) is 5.96 Å². The summed E-state index contributed by atoms with van der Waals surface area (Å²) in [6.07, 6.45) is 7.97. The molecule has 146 valence electrons. The number of imidazole rings is 1. The molecule has 0 bridgehead atoms. The number of aromatic nitrogens is 3. The fourth-order valence-electron chi connectivity index (χ4n) is 3.88. The molecule has 8 heteroatoms. The Labute approximate surface area is 177 Å². The molecule has 0 saturated carbocycles. The molecule has 2 aliphatic heterocycles. The molecule has 2 fully saturated rings.